The van der Waals surface area contributed by atoms with E-state index in [1.54, 1.807) is 9.80 Å². The van der Waals surface area contributed by atoms with Crippen LogP contribution < -0.4 is 5.32 Å². The highest BCUT2D eigenvalue weighted by Gasteiger charge is 2.36. The summed E-state index contributed by atoms with van der Waals surface area (Å²) in [4.78, 5) is 28.0. The van der Waals surface area contributed by atoms with Gasteiger partial charge in [0.05, 0.1) is 12.6 Å². The van der Waals surface area contributed by atoms with Gasteiger partial charge < -0.3 is 29.7 Å². The highest BCUT2D eigenvalue weighted by Crippen LogP contribution is 2.18. The van der Waals surface area contributed by atoms with Crippen LogP contribution in [0.5, 0.6) is 0 Å². The number of carbonyl (C=O) groups excluding carboxylic acids is 2. The number of aliphatic hydroxyl groups excluding tert-OH is 1. The summed E-state index contributed by atoms with van der Waals surface area (Å²) in [5.41, 5.74) is -1.15. The summed E-state index contributed by atoms with van der Waals surface area (Å²) >= 11 is 0. The number of ether oxygens (including phenoxy) is 2. The zero-order valence-corrected chi connectivity index (χ0v) is 16.3. The number of hydrogen-bond acceptors (Lipinski definition) is 6. The first-order chi connectivity index (χ1) is 11.4. The Labute approximate surface area is 150 Å². The fourth-order valence-corrected chi connectivity index (χ4v) is 2.43. The third-order valence-corrected chi connectivity index (χ3v) is 3.43. The molecule has 0 aromatic carbocycles. The van der Waals surface area contributed by atoms with E-state index in [0.717, 1.165) is 0 Å². The van der Waals surface area contributed by atoms with Gasteiger partial charge >= 0.3 is 12.2 Å². The third-order valence-electron chi connectivity index (χ3n) is 3.43. The zero-order chi connectivity index (χ0) is 19.3. The Hall–Kier alpha value is -1.54. The van der Waals surface area contributed by atoms with Crippen LogP contribution in [0.15, 0.2) is 0 Å². The third kappa shape index (κ3) is 7.92. The van der Waals surface area contributed by atoms with Gasteiger partial charge in [-0.3, -0.25) is 0 Å². The second kappa shape index (κ2) is 8.71. The number of nitrogens with one attached hydrogen (secondary N) is 1. The van der Waals surface area contributed by atoms with Crippen LogP contribution in [0.2, 0.25) is 0 Å². The molecular formula is C17H33N3O5. The maximum absolute atomic E-state index is 12.5. The lowest BCUT2D eigenvalue weighted by Gasteiger charge is -2.42. The van der Waals surface area contributed by atoms with Crippen molar-refractivity contribution in [2.45, 2.75) is 58.8 Å². The Morgan fingerprint density at radius 2 is 1.60 bits per heavy atom. The Kier molecular flexibility index (Phi) is 7.49. The Morgan fingerprint density at radius 1 is 1.04 bits per heavy atom. The first-order valence-corrected chi connectivity index (χ1v) is 8.72. The molecule has 25 heavy (non-hydrogen) atoms. The van der Waals surface area contributed by atoms with Gasteiger partial charge in [0.25, 0.3) is 0 Å². The molecule has 8 nitrogen and oxygen atoms in total. The van der Waals surface area contributed by atoms with Crippen molar-refractivity contribution in [2.75, 3.05) is 39.3 Å². The molecule has 1 heterocycles. The highest BCUT2D eigenvalue weighted by atomic mass is 16.6. The van der Waals surface area contributed by atoms with E-state index in [1.807, 2.05) is 41.5 Å². The minimum Gasteiger partial charge on any atom is -0.444 e. The molecule has 1 unspecified atom stereocenters. The van der Waals surface area contributed by atoms with Gasteiger partial charge in [0.1, 0.15) is 11.2 Å². The zero-order valence-electron chi connectivity index (χ0n) is 16.3. The van der Waals surface area contributed by atoms with Gasteiger partial charge in [-0.25, -0.2) is 9.59 Å². The molecule has 146 valence electrons. The summed E-state index contributed by atoms with van der Waals surface area (Å²) in [5, 5.41) is 12.0. The van der Waals surface area contributed by atoms with Gasteiger partial charge in [0.2, 0.25) is 0 Å². The molecule has 1 fully saturated rings. The van der Waals surface area contributed by atoms with Crippen LogP contribution in [0.4, 0.5) is 9.59 Å². The standard InChI is InChI=1S/C17H33N3O5/c1-16(2,3)24-14(22)19-8-9-20(15(23)25-17(4,5)6)13(12-19)11-18-7-10-21/h13,18,21H,7-12H2,1-6H3. The van der Waals surface area contributed by atoms with E-state index in [0.29, 0.717) is 32.7 Å². The van der Waals surface area contributed by atoms with Crippen molar-refractivity contribution in [2.24, 2.45) is 0 Å². The normalized spacial score (nSPS) is 18.9. The molecule has 2 amide bonds. The topological polar surface area (TPSA) is 91.3 Å². The lowest BCUT2D eigenvalue weighted by molar-refractivity contribution is -0.0146. The first-order valence-electron chi connectivity index (χ1n) is 8.72. The number of amides is 2. The Bertz CT molecular complexity index is 456. The molecule has 0 aromatic rings. The summed E-state index contributed by atoms with van der Waals surface area (Å²) in [5.74, 6) is 0. The van der Waals surface area contributed by atoms with Crippen LogP contribution >= 0.6 is 0 Å². The van der Waals surface area contributed by atoms with Crippen LogP contribution in [0.3, 0.4) is 0 Å². The van der Waals surface area contributed by atoms with Crippen molar-refractivity contribution in [1.82, 2.24) is 15.1 Å². The summed E-state index contributed by atoms with van der Waals surface area (Å²) in [6.45, 7) is 12.9. The summed E-state index contributed by atoms with van der Waals surface area (Å²) in [6, 6.07) is -0.248. The minimum atomic E-state index is -0.581. The maximum Gasteiger partial charge on any atom is 0.410 e. The van der Waals surface area contributed by atoms with Crippen molar-refractivity contribution >= 4 is 12.2 Å². The van der Waals surface area contributed by atoms with Gasteiger partial charge in [-0.2, -0.15) is 0 Å². The average molecular weight is 359 g/mol. The van der Waals surface area contributed by atoms with E-state index < -0.39 is 17.3 Å². The fourth-order valence-electron chi connectivity index (χ4n) is 2.43. The molecule has 1 atom stereocenters. The monoisotopic (exact) mass is 359 g/mol. The number of carbonyl (C=O) groups is 2. The SMILES string of the molecule is CC(C)(C)OC(=O)N1CCN(C(=O)OC(C)(C)C)C(CNCCO)C1. The first kappa shape index (κ1) is 21.5. The lowest BCUT2D eigenvalue weighted by Crippen LogP contribution is -2.60. The van der Waals surface area contributed by atoms with Gasteiger partial charge in [-0.15, -0.1) is 0 Å². The van der Waals surface area contributed by atoms with E-state index in [4.69, 9.17) is 14.6 Å². The Morgan fingerprint density at radius 3 is 2.12 bits per heavy atom. The molecule has 0 bridgehead atoms. The molecule has 1 aliphatic heterocycles. The second-order valence-electron chi connectivity index (χ2n) is 8.18. The molecule has 2 N–H and O–H groups in total. The molecule has 1 aliphatic rings. The van der Waals surface area contributed by atoms with E-state index >= 15 is 0 Å². The minimum absolute atomic E-state index is 0.00887. The number of nitrogens with zero attached hydrogens (tertiary/aromatic N) is 2. The second-order valence-corrected chi connectivity index (χ2v) is 8.18. The number of rotatable bonds is 4. The van der Waals surface area contributed by atoms with E-state index in [-0.39, 0.29) is 18.7 Å². The van der Waals surface area contributed by atoms with Gasteiger partial charge in [-0.05, 0) is 41.5 Å². The van der Waals surface area contributed by atoms with E-state index in [1.165, 1.54) is 0 Å². The van der Waals surface area contributed by atoms with E-state index in [9.17, 15) is 9.59 Å². The number of aliphatic hydroxyl groups is 1. The molecule has 0 radical (unpaired) electrons. The van der Waals surface area contributed by atoms with Crippen LogP contribution in [0.1, 0.15) is 41.5 Å². The van der Waals surface area contributed by atoms with Crippen molar-refractivity contribution in [3.63, 3.8) is 0 Å². The molecule has 0 saturated carbocycles. The van der Waals surface area contributed by atoms with Crippen LogP contribution in [0, 0.1) is 0 Å². The van der Waals surface area contributed by atoms with Gasteiger partial charge in [0.15, 0.2) is 0 Å². The van der Waals surface area contributed by atoms with Gasteiger partial charge in [-0.1, -0.05) is 0 Å². The molecule has 1 rings (SSSR count). The molecule has 0 aliphatic carbocycles. The fraction of sp³-hybridized carbons (Fsp3) is 0.882. The molecule has 0 aromatic heterocycles. The Balaban J connectivity index is 2.77. The number of piperazine rings is 1. The van der Waals surface area contributed by atoms with Crippen molar-refractivity contribution in [3.8, 4) is 0 Å². The van der Waals surface area contributed by atoms with Gasteiger partial charge in [0, 0.05) is 32.7 Å². The van der Waals surface area contributed by atoms with Crippen LogP contribution in [0.25, 0.3) is 0 Å². The maximum atomic E-state index is 12.5. The summed E-state index contributed by atoms with van der Waals surface area (Å²) in [6.07, 6.45) is -0.782. The molecule has 8 heteroatoms. The molecule has 1 saturated heterocycles. The summed E-state index contributed by atoms with van der Waals surface area (Å²) < 4.78 is 10.9. The van der Waals surface area contributed by atoms with E-state index in [2.05, 4.69) is 5.32 Å². The predicted molar refractivity (Wildman–Crippen MR) is 94.5 cm³/mol. The van der Waals surface area contributed by atoms with Crippen molar-refractivity contribution in [3.05, 3.63) is 0 Å². The van der Waals surface area contributed by atoms with Crippen LogP contribution in [-0.4, -0.2) is 83.7 Å². The molecule has 0 spiro atoms. The quantitative estimate of drug-likeness (QED) is 0.738. The lowest BCUT2D eigenvalue weighted by atomic mass is 10.1. The summed E-state index contributed by atoms with van der Waals surface area (Å²) in [7, 11) is 0. The number of hydrogen-bond donors (Lipinski definition) is 2. The smallest absolute Gasteiger partial charge is 0.410 e. The highest BCUT2D eigenvalue weighted by molar-refractivity contribution is 5.71. The van der Waals surface area contributed by atoms with Crippen molar-refractivity contribution in [1.29, 1.82) is 0 Å². The average Bonchev–Trinajstić information content (AvgIpc) is 2.43. The molecular weight excluding hydrogens is 326 g/mol. The van der Waals surface area contributed by atoms with Crippen molar-refractivity contribution < 1.29 is 24.2 Å². The predicted octanol–water partition coefficient (Wildman–Crippen LogP) is 1.42. The van der Waals surface area contributed by atoms with Crippen LogP contribution in [-0.2, 0) is 9.47 Å². The largest absolute Gasteiger partial charge is 0.444 e.